The Kier molecular flexibility index (Phi) is 3.94. The first kappa shape index (κ1) is 13.9. The number of amides is 1. The molecular formula is C16H18N2O2. The lowest BCUT2D eigenvalue weighted by atomic mass is 10.1. The molecule has 2 aromatic carbocycles. The molecule has 0 radical (unpaired) electrons. The highest BCUT2D eigenvalue weighted by molar-refractivity contribution is 5.92. The molecule has 0 heterocycles. The minimum absolute atomic E-state index is 0.428. The molecule has 0 unspecified atom stereocenters. The zero-order valence-electron chi connectivity index (χ0n) is 11.6. The van der Waals surface area contributed by atoms with Crippen LogP contribution in [-0.2, 0) is 6.61 Å². The van der Waals surface area contributed by atoms with E-state index in [2.05, 4.69) is 0 Å². The van der Waals surface area contributed by atoms with Crippen LogP contribution in [-0.4, -0.2) is 5.91 Å². The third kappa shape index (κ3) is 3.09. The number of ether oxygens (including phenoxy) is 1. The van der Waals surface area contributed by atoms with Crippen molar-refractivity contribution >= 4 is 11.6 Å². The summed E-state index contributed by atoms with van der Waals surface area (Å²) in [6, 6.07) is 10.9. The van der Waals surface area contributed by atoms with Gasteiger partial charge < -0.3 is 16.2 Å². The van der Waals surface area contributed by atoms with Gasteiger partial charge in [0.05, 0.1) is 0 Å². The van der Waals surface area contributed by atoms with Crippen LogP contribution in [0.3, 0.4) is 0 Å². The minimum Gasteiger partial charge on any atom is -0.489 e. The fourth-order valence-electron chi connectivity index (χ4n) is 1.89. The Labute approximate surface area is 118 Å². The number of nitrogen functional groups attached to an aromatic ring is 1. The molecule has 20 heavy (non-hydrogen) atoms. The van der Waals surface area contributed by atoms with E-state index in [4.69, 9.17) is 16.2 Å². The summed E-state index contributed by atoms with van der Waals surface area (Å²) in [5, 5.41) is 0. The number of benzene rings is 2. The van der Waals surface area contributed by atoms with E-state index >= 15 is 0 Å². The highest BCUT2D eigenvalue weighted by atomic mass is 16.5. The molecule has 1 amide bonds. The van der Waals surface area contributed by atoms with Gasteiger partial charge in [-0.1, -0.05) is 12.1 Å². The smallest absolute Gasteiger partial charge is 0.248 e. The van der Waals surface area contributed by atoms with Crippen molar-refractivity contribution in [1.82, 2.24) is 0 Å². The average Bonchev–Trinajstić information content (AvgIpc) is 2.42. The highest BCUT2D eigenvalue weighted by Crippen LogP contribution is 2.25. The van der Waals surface area contributed by atoms with Gasteiger partial charge in [0.2, 0.25) is 5.91 Å². The van der Waals surface area contributed by atoms with Crippen molar-refractivity contribution < 1.29 is 9.53 Å². The Bertz CT molecular complexity index is 634. The molecule has 0 saturated heterocycles. The number of carbonyl (C=O) groups is 1. The zero-order valence-corrected chi connectivity index (χ0v) is 11.6. The second kappa shape index (κ2) is 5.65. The topological polar surface area (TPSA) is 78.3 Å². The van der Waals surface area contributed by atoms with E-state index in [1.807, 2.05) is 38.1 Å². The van der Waals surface area contributed by atoms with Crippen LogP contribution in [0.1, 0.15) is 27.0 Å². The van der Waals surface area contributed by atoms with Crippen LogP contribution in [0.2, 0.25) is 0 Å². The fraction of sp³-hybridized carbons (Fsp3) is 0.188. The average molecular weight is 270 g/mol. The van der Waals surface area contributed by atoms with Gasteiger partial charge in [0.1, 0.15) is 12.4 Å². The van der Waals surface area contributed by atoms with Gasteiger partial charge in [-0.15, -0.1) is 0 Å². The Balaban J connectivity index is 2.09. The molecule has 0 fully saturated rings. The van der Waals surface area contributed by atoms with Gasteiger partial charge in [-0.05, 0) is 54.8 Å². The summed E-state index contributed by atoms with van der Waals surface area (Å²) in [5.41, 5.74) is 15.3. The number of hydrogen-bond acceptors (Lipinski definition) is 3. The quantitative estimate of drug-likeness (QED) is 0.838. The van der Waals surface area contributed by atoms with Crippen LogP contribution < -0.4 is 16.2 Å². The summed E-state index contributed by atoms with van der Waals surface area (Å²) in [5.74, 6) is 0.387. The van der Waals surface area contributed by atoms with Crippen molar-refractivity contribution in [2.45, 2.75) is 20.5 Å². The molecule has 0 aliphatic carbocycles. The maximum absolute atomic E-state index is 11.0. The molecule has 0 aliphatic heterocycles. The van der Waals surface area contributed by atoms with Crippen molar-refractivity contribution in [2.24, 2.45) is 5.73 Å². The van der Waals surface area contributed by atoms with E-state index in [1.165, 1.54) is 0 Å². The fourth-order valence-corrected chi connectivity index (χ4v) is 1.89. The number of rotatable bonds is 4. The first-order valence-electron chi connectivity index (χ1n) is 6.35. The molecule has 2 aromatic rings. The molecule has 0 aliphatic rings. The predicted molar refractivity (Wildman–Crippen MR) is 79.6 cm³/mol. The normalized spacial score (nSPS) is 10.3. The minimum atomic E-state index is -0.428. The van der Waals surface area contributed by atoms with Crippen molar-refractivity contribution in [2.75, 3.05) is 5.73 Å². The standard InChI is InChI=1S/C16H18N2O2/c1-10-8-15(11(2)7-14(10)17)20-9-12-3-5-13(6-4-12)16(18)19/h3-8H,9,17H2,1-2H3,(H2,18,19). The third-order valence-electron chi connectivity index (χ3n) is 3.20. The second-order valence-electron chi connectivity index (χ2n) is 4.82. The van der Waals surface area contributed by atoms with Gasteiger partial charge in [0.15, 0.2) is 0 Å². The summed E-state index contributed by atoms with van der Waals surface area (Å²) in [7, 11) is 0. The van der Waals surface area contributed by atoms with E-state index in [-0.39, 0.29) is 0 Å². The molecule has 104 valence electrons. The summed E-state index contributed by atoms with van der Waals surface area (Å²) in [6.45, 7) is 4.34. The molecule has 4 nitrogen and oxygen atoms in total. The Morgan fingerprint density at radius 2 is 1.75 bits per heavy atom. The third-order valence-corrected chi connectivity index (χ3v) is 3.20. The first-order valence-corrected chi connectivity index (χ1v) is 6.35. The second-order valence-corrected chi connectivity index (χ2v) is 4.82. The molecule has 0 aromatic heterocycles. The van der Waals surface area contributed by atoms with Crippen LogP contribution in [0.15, 0.2) is 36.4 Å². The monoisotopic (exact) mass is 270 g/mol. The first-order chi connectivity index (χ1) is 9.47. The van der Waals surface area contributed by atoms with Crippen LogP contribution in [0, 0.1) is 13.8 Å². The SMILES string of the molecule is Cc1cc(OCc2ccc(C(N)=O)cc2)c(C)cc1N. The lowest BCUT2D eigenvalue weighted by Crippen LogP contribution is -2.10. The summed E-state index contributed by atoms with van der Waals surface area (Å²) in [4.78, 5) is 11.0. The van der Waals surface area contributed by atoms with Gasteiger partial charge >= 0.3 is 0 Å². The number of anilines is 1. The largest absolute Gasteiger partial charge is 0.489 e. The van der Waals surface area contributed by atoms with Gasteiger partial charge in [0, 0.05) is 11.3 Å². The van der Waals surface area contributed by atoms with Crippen LogP contribution in [0.4, 0.5) is 5.69 Å². The maximum atomic E-state index is 11.0. The van der Waals surface area contributed by atoms with Gasteiger partial charge in [0.25, 0.3) is 0 Å². The van der Waals surface area contributed by atoms with E-state index in [0.29, 0.717) is 12.2 Å². The van der Waals surface area contributed by atoms with E-state index in [0.717, 1.165) is 28.1 Å². The molecule has 2 rings (SSSR count). The Hall–Kier alpha value is -2.49. The molecule has 0 bridgehead atoms. The highest BCUT2D eigenvalue weighted by Gasteiger charge is 2.05. The van der Waals surface area contributed by atoms with E-state index in [9.17, 15) is 4.79 Å². The van der Waals surface area contributed by atoms with Gasteiger partial charge in [-0.3, -0.25) is 4.79 Å². The molecule has 4 heteroatoms. The number of carbonyl (C=O) groups excluding carboxylic acids is 1. The van der Waals surface area contributed by atoms with Crippen molar-refractivity contribution in [3.05, 3.63) is 58.7 Å². The molecule has 0 atom stereocenters. The molecule has 4 N–H and O–H groups in total. The predicted octanol–water partition coefficient (Wildman–Crippen LogP) is 2.56. The van der Waals surface area contributed by atoms with Crippen LogP contribution in [0.5, 0.6) is 5.75 Å². The van der Waals surface area contributed by atoms with Crippen LogP contribution in [0.25, 0.3) is 0 Å². The van der Waals surface area contributed by atoms with E-state index < -0.39 is 5.91 Å². The lowest BCUT2D eigenvalue weighted by molar-refractivity contribution is 0.1000. The zero-order chi connectivity index (χ0) is 14.7. The Morgan fingerprint density at radius 3 is 2.35 bits per heavy atom. The van der Waals surface area contributed by atoms with E-state index in [1.54, 1.807) is 12.1 Å². The van der Waals surface area contributed by atoms with Crippen molar-refractivity contribution in [3.63, 3.8) is 0 Å². The van der Waals surface area contributed by atoms with Crippen molar-refractivity contribution in [1.29, 1.82) is 0 Å². The summed E-state index contributed by atoms with van der Waals surface area (Å²) >= 11 is 0. The lowest BCUT2D eigenvalue weighted by Gasteiger charge is -2.12. The summed E-state index contributed by atoms with van der Waals surface area (Å²) in [6.07, 6.45) is 0. The van der Waals surface area contributed by atoms with Gasteiger partial charge in [-0.25, -0.2) is 0 Å². The summed E-state index contributed by atoms with van der Waals surface area (Å²) < 4.78 is 5.79. The van der Waals surface area contributed by atoms with Crippen LogP contribution >= 0.6 is 0 Å². The number of nitrogens with two attached hydrogens (primary N) is 2. The Morgan fingerprint density at radius 1 is 1.10 bits per heavy atom. The number of aryl methyl sites for hydroxylation is 2. The van der Waals surface area contributed by atoms with Gasteiger partial charge in [-0.2, -0.15) is 0 Å². The number of hydrogen-bond donors (Lipinski definition) is 2. The molecular weight excluding hydrogens is 252 g/mol. The maximum Gasteiger partial charge on any atom is 0.248 e. The van der Waals surface area contributed by atoms with Crippen molar-refractivity contribution in [3.8, 4) is 5.75 Å². The number of primary amides is 1. The molecule has 0 saturated carbocycles. The molecule has 0 spiro atoms.